The number of nitrogen functional groups attached to an aromatic ring is 1. The Bertz CT molecular complexity index is 733. The maximum absolute atomic E-state index is 11.2. The fourth-order valence-electron chi connectivity index (χ4n) is 2.53. The summed E-state index contributed by atoms with van der Waals surface area (Å²) in [6.45, 7) is -0.507. The molecule has 2 aromatic rings. The monoisotopic (exact) mass is 311 g/mol. The number of hydrogen-bond donors (Lipinski definition) is 4. The van der Waals surface area contributed by atoms with E-state index in [0.717, 1.165) is 12.5 Å². The van der Waals surface area contributed by atoms with Gasteiger partial charge in [-0.3, -0.25) is 14.7 Å². The summed E-state index contributed by atoms with van der Waals surface area (Å²) in [5, 5.41) is 40.1. The average Bonchev–Trinajstić information content (AvgIpc) is 3.00. The van der Waals surface area contributed by atoms with E-state index < -0.39 is 36.1 Å². The van der Waals surface area contributed by atoms with Crippen LogP contribution in [0.3, 0.4) is 0 Å². The normalized spacial score (nSPS) is 28.3. The van der Waals surface area contributed by atoms with Crippen LogP contribution in [0.4, 0.5) is 11.5 Å². The number of aromatic nitrogens is 3. The van der Waals surface area contributed by atoms with E-state index in [-0.39, 0.29) is 22.5 Å². The maximum Gasteiger partial charge on any atom is 0.300 e. The molecule has 11 heteroatoms. The van der Waals surface area contributed by atoms with Crippen LogP contribution in [0.2, 0.25) is 0 Å². The molecule has 118 valence electrons. The van der Waals surface area contributed by atoms with E-state index >= 15 is 0 Å². The van der Waals surface area contributed by atoms with Crippen molar-refractivity contribution >= 4 is 22.5 Å². The molecule has 22 heavy (non-hydrogen) atoms. The van der Waals surface area contributed by atoms with Crippen LogP contribution in [0.25, 0.3) is 11.0 Å². The molecule has 5 N–H and O–H groups in total. The highest BCUT2D eigenvalue weighted by Crippen LogP contribution is 2.37. The van der Waals surface area contributed by atoms with E-state index in [1.54, 1.807) is 0 Å². The van der Waals surface area contributed by atoms with Gasteiger partial charge in [-0.25, -0.2) is 9.97 Å². The van der Waals surface area contributed by atoms with E-state index in [2.05, 4.69) is 9.97 Å². The van der Waals surface area contributed by atoms with Gasteiger partial charge >= 0.3 is 0 Å². The van der Waals surface area contributed by atoms with E-state index in [4.69, 9.17) is 15.6 Å². The molecule has 1 fully saturated rings. The third kappa shape index (κ3) is 1.99. The quantitative estimate of drug-likeness (QED) is 0.390. The van der Waals surface area contributed by atoms with Crippen molar-refractivity contribution in [2.24, 2.45) is 0 Å². The molecule has 0 aromatic carbocycles. The molecular formula is C11H13N5O6. The van der Waals surface area contributed by atoms with Crippen molar-refractivity contribution in [1.29, 1.82) is 0 Å². The zero-order chi connectivity index (χ0) is 16.0. The summed E-state index contributed by atoms with van der Waals surface area (Å²) in [6, 6.07) is 0. The molecule has 4 unspecified atom stereocenters. The van der Waals surface area contributed by atoms with Crippen molar-refractivity contribution in [3.63, 3.8) is 0 Å². The number of nitrogens with zero attached hydrogens (tertiary/aromatic N) is 4. The minimum absolute atomic E-state index is 0.0187. The lowest BCUT2D eigenvalue weighted by molar-refractivity contribution is -0.383. The second-order valence-electron chi connectivity index (χ2n) is 4.87. The Kier molecular flexibility index (Phi) is 3.41. The van der Waals surface area contributed by atoms with Crippen LogP contribution in [0.15, 0.2) is 12.5 Å². The standard InChI is InChI=1S/C11H13N5O6/c12-9-6-4(16(20)21)1-15(10(6)14-3-13-9)11-8(19)7(18)5(2-17)22-11/h1,3,5,7-8,11,17-19H,2H2,(H2,12,13,14). The predicted molar refractivity (Wildman–Crippen MR) is 71.6 cm³/mol. The fraction of sp³-hybridized carbons (Fsp3) is 0.455. The molecule has 0 amide bonds. The highest BCUT2D eigenvalue weighted by molar-refractivity contribution is 5.95. The van der Waals surface area contributed by atoms with Crippen LogP contribution in [0, 0.1) is 10.1 Å². The van der Waals surface area contributed by atoms with Crippen molar-refractivity contribution in [1.82, 2.24) is 14.5 Å². The molecule has 11 nitrogen and oxygen atoms in total. The van der Waals surface area contributed by atoms with E-state index in [1.807, 2.05) is 0 Å². The van der Waals surface area contributed by atoms with Crippen molar-refractivity contribution < 1.29 is 25.0 Å². The molecule has 1 saturated heterocycles. The van der Waals surface area contributed by atoms with Gasteiger partial charge in [0.2, 0.25) is 0 Å². The topological polar surface area (TPSA) is 170 Å². The number of hydrogen-bond acceptors (Lipinski definition) is 9. The van der Waals surface area contributed by atoms with Gasteiger partial charge in [-0.1, -0.05) is 0 Å². The average molecular weight is 311 g/mol. The number of anilines is 1. The number of nitrogens with two attached hydrogens (primary N) is 1. The Morgan fingerprint density at radius 3 is 2.73 bits per heavy atom. The summed E-state index contributed by atoms with van der Waals surface area (Å²) in [7, 11) is 0. The lowest BCUT2D eigenvalue weighted by Crippen LogP contribution is -2.33. The highest BCUT2D eigenvalue weighted by Gasteiger charge is 2.44. The second kappa shape index (κ2) is 5.14. The van der Waals surface area contributed by atoms with Crippen LogP contribution >= 0.6 is 0 Å². The van der Waals surface area contributed by atoms with Gasteiger partial charge in [-0.2, -0.15) is 0 Å². The smallest absolute Gasteiger partial charge is 0.300 e. The zero-order valence-corrected chi connectivity index (χ0v) is 11.1. The summed E-state index contributed by atoms with van der Waals surface area (Å²) >= 11 is 0. The Hall–Kier alpha value is -2.34. The zero-order valence-electron chi connectivity index (χ0n) is 11.1. The number of aliphatic hydroxyl groups is 3. The van der Waals surface area contributed by atoms with Gasteiger partial charge in [0.05, 0.1) is 17.7 Å². The Morgan fingerprint density at radius 2 is 2.14 bits per heavy atom. The number of ether oxygens (including phenoxy) is 1. The molecule has 1 aliphatic heterocycles. The summed E-state index contributed by atoms with van der Waals surface area (Å²) in [5.41, 5.74) is 5.41. The minimum atomic E-state index is -1.39. The minimum Gasteiger partial charge on any atom is -0.394 e. The summed E-state index contributed by atoms with van der Waals surface area (Å²) in [4.78, 5) is 18.1. The summed E-state index contributed by atoms with van der Waals surface area (Å²) in [5.74, 6) is -0.0813. The van der Waals surface area contributed by atoms with Gasteiger partial charge in [0.25, 0.3) is 5.69 Å². The van der Waals surface area contributed by atoms with E-state index in [0.29, 0.717) is 0 Å². The van der Waals surface area contributed by atoms with Crippen molar-refractivity contribution in [3.8, 4) is 0 Å². The van der Waals surface area contributed by atoms with Gasteiger partial charge in [0.15, 0.2) is 11.9 Å². The lowest BCUT2D eigenvalue weighted by Gasteiger charge is -2.16. The van der Waals surface area contributed by atoms with Crippen LogP contribution in [0.5, 0.6) is 0 Å². The molecule has 0 bridgehead atoms. The van der Waals surface area contributed by atoms with Crippen LogP contribution in [-0.2, 0) is 4.74 Å². The first-order valence-corrected chi connectivity index (χ1v) is 6.33. The van der Waals surface area contributed by atoms with Gasteiger partial charge < -0.3 is 25.8 Å². The number of aliphatic hydroxyl groups excluding tert-OH is 3. The summed E-state index contributed by atoms with van der Waals surface area (Å²) in [6.07, 6.45) is -2.63. The van der Waals surface area contributed by atoms with E-state index in [9.17, 15) is 20.3 Å². The molecule has 0 radical (unpaired) electrons. The Morgan fingerprint density at radius 1 is 1.41 bits per heavy atom. The molecule has 0 aliphatic carbocycles. The third-order valence-electron chi connectivity index (χ3n) is 3.61. The number of nitro groups is 1. The molecule has 0 saturated carbocycles. The molecule has 4 atom stereocenters. The maximum atomic E-state index is 11.2. The highest BCUT2D eigenvalue weighted by atomic mass is 16.6. The van der Waals surface area contributed by atoms with Crippen LogP contribution in [-0.4, -0.2) is 59.7 Å². The SMILES string of the molecule is Nc1ncnc2c1c([N+](=O)[O-])cn2C1OC(CO)C(O)C1O. The van der Waals surface area contributed by atoms with Crippen molar-refractivity contribution in [3.05, 3.63) is 22.6 Å². The fourth-order valence-corrected chi connectivity index (χ4v) is 2.53. The molecule has 3 heterocycles. The predicted octanol–water partition coefficient (Wildman–Crippen LogP) is -1.47. The largest absolute Gasteiger partial charge is 0.394 e. The van der Waals surface area contributed by atoms with Gasteiger partial charge in [0.1, 0.15) is 35.8 Å². The third-order valence-corrected chi connectivity index (χ3v) is 3.61. The second-order valence-corrected chi connectivity index (χ2v) is 4.87. The van der Waals surface area contributed by atoms with Gasteiger partial charge in [-0.05, 0) is 0 Å². The number of rotatable bonds is 3. The number of fused-ring (bicyclic) bond motifs is 1. The first-order valence-electron chi connectivity index (χ1n) is 6.33. The van der Waals surface area contributed by atoms with Crippen molar-refractivity contribution in [2.75, 3.05) is 12.3 Å². The molecular weight excluding hydrogens is 298 g/mol. The first kappa shape index (κ1) is 14.6. The molecule has 2 aromatic heterocycles. The lowest BCUT2D eigenvalue weighted by atomic mass is 10.1. The first-order chi connectivity index (χ1) is 10.5. The van der Waals surface area contributed by atoms with Crippen LogP contribution < -0.4 is 5.73 Å². The molecule has 1 aliphatic rings. The van der Waals surface area contributed by atoms with Gasteiger partial charge in [0, 0.05) is 0 Å². The van der Waals surface area contributed by atoms with Gasteiger partial charge in [-0.15, -0.1) is 0 Å². The summed E-state index contributed by atoms with van der Waals surface area (Å²) < 4.78 is 6.55. The van der Waals surface area contributed by atoms with Crippen molar-refractivity contribution in [2.45, 2.75) is 24.5 Å². The van der Waals surface area contributed by atoms with Crippen LogP contribution in [0.1, 0.15) is 6.23 Å². The molecule has 3 rings (SSSR count). The van der Waals surface area contributed by atoms with E-state index in [1.165, 1.54) is 4.57 Å². The Balaban J connectivity index is 2.16. The molecule has 0 spiro atoms. The Labute approximate surface area is 122 Å².